The third kappa shape index (κ3) is 8.58. The SMILES string of the molecule is C#CCOC[C@H](O)CN(CCCOC)Cc1ccc(OC)cc1. The van der Waals surface area contributed by atoms with Gasteiger partial charge in [-0.05, 0) is 24.1 Å². The Labute approximate surface area is 139 Å². The topological polar surface area (TPSA) is 51.2 Å². The maximum atomic E-state index is 10.1. The summed E-state index contributed by atoms with van der Waals surface area (Å²) in [5.41, 5.74) is 1.17. The van der Waals surface area contributed by atoms with Gasteiger partial charge in [-0.1, -0.05) is 18.1 Å². The number of aliphatic hydroxyl groups excluding tert-OH is 1. The number of nitrogens with zero attached hydrogens (tertiary/aromatic N) is 1. The van der Waals surface area contributed by atoms with Crippen LogP contribution in [0.3, 0.4) is 0 Å². The molecule has 23 heavy (non-hydrogen) atoms. The molecule has 1 aromatic carbocycles. The van der Waals surface area contributed by atoms with E-state index >= 15 is 0 Å². The summed E-state index contributed by atoms with van der Waals surface area (Å²) in [5.74, 6) is 3.23. The lowest BCUT2D eigenvalue weighted by atomic mass is 10.2. The second-order valence-electron chi connectivity index (χ2n) is 5.30. The second-order valence-corrected chi connectivity index (χ2v) is 5.30. The Morgan fingerprint density at radius 2 is 2.00 bits per heavy atom. The number of methoxy groups -OCH3 is 2. The van der Waals surface area contributed by atoms with Crippen molar-refractivity contribution in [3.05, 3.63) is 29.8 Å². The van der Waals surface area contributed by atoms with Gasteiger partial charge in [-0.3, -0.25) is 4.90 Å². The van der Waals surface area contributed by atoms with Crippen LogP contribution in [0, 0.1) is 12.3 Å². The summed E-state index contributed by atoms with van der Waals surface area (Å²) in [7, 11) is 3.34. The fourth-order valence-corrected chi connectivity index (χ4v) is 2.26. The summed E-state index contributed by atoms with van der Waals surface area (Å²) >= 11 is 0. The fourth-order valence-electron chi connectivity index (χ4n) is 2.26. The van der Waals surface area contributed by atoms with Gasteiger partial charge in [0.1, 0.15) is 12.4 Å². The molecule has 5 nitrogen and oxygen atoms in total. The lowest BCUT2D eigenvalue weighted by Gasteiger charge is -2.25. The average Bonchev–Trinajstić information content (AvgIpc) is 2.56. The first-order valence-electron chi connectivity index (χ1n) is 7.73. The third-order valence-electron chi connectivity index (χ3n) is 3.35. The minimum atomic E-state index is -0.566. The van der Waals surface area contributed by atoms with Gasteiger partial charge in [-0.25, -0.2) is 0 Å². The summed E-state index contributed by atoms with van der Waals surface area (Å²) in [5, 5.41) is 10.1. The minimum absolute atomic E-state index is 0.221. The Morgan fingerprint density at radius 1 is 1.26 bits per heavy atom. The first-order valence-corrected chi connectivity index (χ1v) is 7.73. The predicted octanol–water partition coefficient (Wildman–Crippen LogP) is 1.54. The highest BCUT2D eigenvalue weighted by Crippen LogP contribution is 2.13. The van der Waals surface area contributed by atoms with E-state index < -0.39 is 6.10 Å². The standard InChI is InChI=1S/C18H27NO4/c1-4-11-23-15-17(20)14-19(10-5-12-21-2)13-16-6-8-18(22-3)9-7-16/h1,6-9,17,20H,5,10-15H2,2-3H3/t17-/m1/s1. The molecule has 0 fully saturated rings. The van der Waals surface area contributed by atoms with Gasteiger partial charge in [0.15, 0.2) is 0 Å². The Kier molecular flexibility index (Phi) is 10.1. The zero-order chi connectivity index (χ0) is 16.9. The maximum absolute atomic E-state index is 10.1. The number of rotatable bonds is 12. The van der Waals surface area contributed by atoms with Crippen molar-refractivity contribution < 1.29 is 19.3 Å². The van der Waals surface area contributed by atoms with Crippen molar-refractivity contribution in [3.8, 4) is 18.1 Å². The molecule has 0 saturated heterocycles. The van der Waals surface area contributed by atoms with Crippen molar-refractivity contribution in [1.29, 1.82) is 0 Å². The van der Waals surface area contributed by atoms with Gasteiger partial charge in [-0.15, -0.1) is 6.42 Å². The smallest absolute Gasteiger partial charge is 0.118 e. The Balaban J connectivity index is 2.54. The number of hydrogen-bond donors (Lipinski definition) is 1. The Morgan fingerprint density at radius 3 is 2.61 bits per heavy atom. The molecule has 1 aromatic rings. The van der Waals surface area contributed by atoms with E-state index in [0.717, 1.165) is 25.3 Å². The molecule has 0 radical (unpaired) electrons. The van der Waals surface area contributed by atoms with E-state index in [1.54, 1.807) is 14.2 Å². The van der Waals surface area contributed by atoms with E-state index in [4.69, 9.17) is 20.6 Å². The van der Waals surface area contributed by atoms with E-state index in [1.165, 1.54) is 5.56 Å². The summed E-state index contributed by atoms with van der Waals surface area (Å²) in [4.78, 5) is 2.19. The quantitative estimate of drug-likeness (QED) is 0.467. The number of aliphatic hydroxyl groups is 1. The lowest BCUT2D eigenvalue weighted by Crippen LogP contribution is -2.35. The highest BCUT2D eigenvalue weighted by Gasteiger charge is 2.12. The summed E-state index contributed by atoms with van der Waals surface area (Å²) in [6, 6.07) is 7.94. The molecule has 0 bridgehead atoms. The Hall–Kier alpha value is -1.58. The summed E-state index contributed by atoms with van der Waals surface area (Å²) in [6.45, 7) is 3.28. The van der Waals surface area contributed by atoms with Crippen LogP contribution in [0.4, 0.5) is 0 Å². The molecule has 1 atom stereocenters. The normalized spacial score (nSPS) is 12.1. The summed E-state index contributed by atoms with van der Waals surface area (Å²) in [6.07, 6.45) is 5.47. The lowest BCUT2D eigenvalue weighted by molar-refractivity contribution is 0.0244. The first-order chi connectivity index (χ1) is 11.2. The Bertz CT molecular complexity index is 455. The van der Waals surface area contributed by atoms with Crippen LogP contribution in [-0.2, 0) is 16.0 Å². The van der Waals surface area contributed by atoms with Crippen LogP contribution in [0.5, 0.6) is 5.75 Å². The molecule has 0 aliphatic rings. The molecule has 1 rings (SSSR count). The zero-order valence-electron chi connectivity index (χ0n) is 14.0. The van der Waals surface area contributed by atoms with Crippen LogP contribution in [0.2, 0.25) is 0 Å². The summed E-state index contributed by atoms with van der Waals surface area (Å²) < 4.78 is 15.5. The van der Waals surface area contributed by atoms with E-state index in [9.17, 15) is 5.11 Å². The van der Waals surface area contributed by atoms with E-state index in [-0.39, 0.29) is 13.2 Å². The van der Waals surface area contributed by atoms with Gasteiger partial charge in [0, 0.05) is 33.4 Å². The zero-order valence-corrected chi connectivity index (χ0v) is 14.0. The molecular formula is C18H27NO4. The number of benzene rings is 1. The molecule has 0 aliphatic heterocycles. The number of ether oxygens (including phenoxy) is 3. The second kappa shape index (κ2) is 11.9. The monoisotopic (exact) mass is 321 g/mol. The van der Waals surface area contributed by atoms with Crippen LogP contribution in [0.1, 0.15) is 12.0 Å². The van der Waals surface area contributed by atoms with E-state index in [1.807, 2.05) is 24.3 Å². The van der Waals surface area contributed by atoms with Crippen LogP contribution >= 0.6 is 0 Å². The van der Waals surface area contributed by atoms with Gasteiger partial charge >= 0.3 is 0 Å². The van der Waals surface area contributed by atoms with Gasteiger partial charge in [0.2, 0.25) is 0 Å². The molecule has 0 heterocycles. The van der Waals surface area contributed by atoms with Crippen LogP contribution in [-0.4, -0.2) is 63.2 Å². The van der Waals surface area contributed by atoms with Gasteiger partial charge in [-0.2, -0.15) is 0 Å². The molecule has 0 unspecified atom stereocenters. The molecule has 0 aromatic heterocycles. The van der Waals surface area contributed by atoms with Crippen LogP contribution in [0.15, 0.2) is 24.3 Å². The average molecular weight is 321 g/mol. The molecule has 5 heteroatoms. The van der Waals surface area contributed by atoms with Crippen molar-refractivity contribution >= 4 is 0 Å². The molecule has 0 saturated carbocycles. The third-order valence-corrected chi connectivity index (χ3v) is 3.35. The molecule has 0 spiro atoms. The van der Waals surface area contributed by atoms with Crippen molar-refractivity contribution in [2.75, 3.05) is 47.1 Å². The van der Waals surface area contributed by atoms with Gasteiger partial charge in [0.05, 0.1) is 19.8 Å². The number of terminal acetylenes is 1. The predicted molar refractivity (Wildman–Crippen MR) is 90.4 cm³/mol. The maximum Gasteiger partial charge on any atom is 0.118 e. The largest absolute Gasteiger partial charge is 0.497 e. The fraction of sp³-hybridized carbons (Fsp3) is 0.556. The van der Waals surface area contributed by atoms with Gasteiger partial charge in [0.25, 0.3) is 0 Å². The number of hydrogen-bond acceptors (Lipinski definition) is 5. The molecular weight excluding hydrogens is 294 g/mol. The molecule has 0 amide bonds. The highest BCUT2D eigenvalue weighted by molar-refractivity contribution is 5.27. The van der Waals surface area contributed by atoms with Gasteiger partial charge < -0.3 is 19.3 Å². The van der Waals surface area contributed by atoms with Crippen LogP contribution in [0.25, 0.3) is 0 Å². The highest BCUT2D eigenvalue weighted by atomic mass is 16.5. The van der Waals surface area contributed by atoms with E-state index in [0.29, 0.717) is 13.2 Å². The van der Waals surface area contributed by atoms with Crippen molar-refractivity contribution in [1.82, 2.24) is 4.90 Å². The van der Waals surface area contributed by atoms with Crippen molar-refractivity contribution in [2.24, 2.45) is 0 Å². The molecule has 0 aliphatic carbocycles. The van der Waals surface area contributed by atoms with Crippen molar-refractivity contribution in [3.63, 3.8) is 0 Å². The van der Waals surface area contributed by atoms with Crippen molar-refractivity contribution in [2.45, 2.75) is 19.1 Å². The van der Waals surface area contributed by atoms with E-state index in [2.05, 4.69) is 10.8 Å². The first kappa shape index (κ1) is 19.5. The van der Waals surface area contributed by atoms with Crippen LogP contribution < -0.4 is 4.74 Å². The minimum Gasteiger partial charge on any atom is -0.497 e. The molecule has 1 N–H and O–H groups in total. The molecule has 128 valence electrons.